The summed E-state index contributed by atoms with van der Waals surface area (Å²) >= 11 is 1.81. The van der Waals surface area contributed by atoms with Crippen LogP contribution in [0.3, 0.4) is 0 Å². The van der Waals surface area contributed by atoms with Crippen LogP contribution in [0.1, 0.15) is 122 Å². The number of rotatable bonds is 29. The van der Waals surface area contributed by atoms with Crippen molar-refractivity contribution in [2.45, 2.75) is 129 Å². The number of carbonyl (C=O) groups excluding carboxylic acids is 1. The van der Waals surface area contributed by atoms with E-state index in [0.29, 0.717) is 45.3 Å². The van der Waals surface area contributed by atoms with Gasteiger partial charge in [0.05, 0.1) is 39.0 Å². The molecule has 0 aromatic carbocycles. The average Bonchev–Trinajstić information content (AvgIpc) is 3.56. The minimum absolute atomic E-state index is 0.0964. The third-order valence-corrected chi connectivity index (χ3v) is 10.1. The van der Waals surface area contributed by atoms with Crippen LogP contribution in [-0.4, -0.2) is 95.5 Å². The summed E-state index contributed by atoms with van der Waals surface area (Å²) in [6.45, 7) is 6.54. The number of nitrogens with zero attached hydrogens (tertiary/aromatic N) is 4. The molecule has 272 valence electrons. The van der Waals surface area contributed by atoms with Gasteiger partial charge >= 0.3 is 12.0 Å². The summed E-state index contributed by atoms with van der Waals surface area (Å²) in [5.41, 5.74) is 0. The smallest absolute Gasteiger partial charge is 0.316 e. The Balaban J connectivity index is 1.14. The lowest BCUT2D eigenvalue weighted by atomic mass is 9.85. The first-order valence-electron chi connectivity index (χ1n) is 19.1. The zero-order chi connectivity index (χ0) is 33.7. The molecule has 2 heterocycles. The van der Waals surface area contributed by atoms with Crippen LogP contribution in [-0.2, 0) is 19.0 Å². The van der Waals surface area contributed by atoms with E-state index >= 15 is 0 Å². The highest BCUT2D eigenvalue weighted by Crippen LogP contribution is 2.28. The molecule has 2 aliphatic rings. The van der Waals surface area contributed by atoms with Gasteiger partial charge in [-0.25, -0.2) is 9.97 Å². The number of esters is 1. The number of thioether (sulfide) groups is 1. The second-order valence-electron chi connectivity index (χ2n) is 13.2. The van der Waals surface area contributed by atoms with Gasteiger partial charge < -0.3 is 23.8 Å². The predicted octanol–water partition coefficient (Wildman–Crippen LogP) is 8.03. The van der Waals surface area contributed by atoms with E-state index in [4.69, 9.17) is 18.9 Å². The fraction of sp³-hybridized carbons (Fsp3) is 0.789. The highest BCUT2D eigenvalue weighted by Gasteiger charge is 2.16. The monoisotopic (exact) mass is 689 g/mol. The van der Waals surface area contributed by atoms with Crippen molar-refractivity contribution in [2.75, 3.05) is 57.8 Å². The standard InChI is InChI=1S/C38H65N4O5S/c1-2-46-37(43)21-16-24-41-25-26-42(34-41)27-29-44-30-31-48-33-36(47-38-39-22-17-23-40-38)32-45-28-15-10-8-6-4-3-5-7-9-12-18-35-19-13-11-14-20-35/h17,22-26,35-36H,2-16,18-21,27-34H2,1H3/q+1. The van der Waals surface area contributed by atoms with Crippen LogP contribution in [0.15, 0.2) is 30.9 Å². The molecule has 9 nitrogen and oxygen atoms in total. The van der Waals surface area contributed by atoms with Crippen LogP contribution in [0.25, 0.3) is 0 Å². The van der Waals surface area contributed by atoms with E-state index in [-0.39, 0.29) is 12.1 Å². The van der Waals surface area contributed by atoms with Crippen LogP contribution in [0, 0.1) is 5.92 Å². The van der Waals surface area contributed by atoms with E-state index < -0.39 is 0 Å². The molecule has 1 aliphatic carbocycles. The second kappa shape index (κ2) is 27.6. The summed E-state index contributed by atoms with van der Waals surface area (Å²) in [5.74, 6) is 2.59. The Morgan fingerprint density at radius 3 is 2.44 bits per heavy atom. The maximum Gasteiger partial charge on any atom is 0.316 e. The van der Waals surface area contributed by atoms with Crippen molar-refractivity contribution in [1.82, 2.24) is 14.9 Å². The molecule has 0 spiro atoms. The molecule has 1 fully saturated rings. The lowest BCUT2D eigenvalue weighted by Gasteiger charge is -2.21. The number of aromatic nitrogens is 2. The molecular formula is C38H65N4O5S+. The Bertz CT molecular complexity index is 993. The third-order valence-electron chi connectivity index (χ3n) is 9.02. The summed E-state index contributed by atoms with van der Waals surface area (Å²) < 4.78 is 25.1. The summed E-state index contributed by atoms with van der Waals surface area (Å²) in [6, 6.07) is 2.20. The minimum Gasteiger partial charge on any atom is -0.466 e. The first kappa shape index (κ1) is 40.3. The fourth-order valence-electron chi connectivity index (χ4n) is 6.30. The van der Waals surface area contributed by atoms with Gasteiger partial charge in [0, 0.05) is 43.5 Å². The molecule has 0 radical (unpaired) electrons. The summed E-state index contributed by atoms with van der Waals surface area (Å²) in [4.78, 5) is 22.2. The largest absolute Gasteiger partial charge is 0.466 e. The van der Waals surface area contributed by atoms with E-state index in [1.807, 2.05) is 19.3 Å². The van der Waals surface area contributed by atoms with Gasteiger partial charge in [0.25, 0.3) is 0 Å². The number of hydrogen-bond acceptors (Lipinski definition) is 9. The van der Waals surface area contributed by atoms with Crippen LogP contribution in [0.2, 0.25) is 0 Å². The van der Waals surface area contributed by atoms with Crippen LogP contribution < -0.4 is 4.74 Å². The van der Waals surface area contributed by atoms with Crippen molar-refractivity contribution < 1.29 is 28.3 Å². The van der Waals surface area contributed by atoms with Gasteiger partial charge in [-0.3, -0.25) is 4.79 Å². The predicted molar refractivity (Wildman–Crippen MR) is 196 cm³/mol. The zero-order valence-electron chi connectivity index (χ0n) is 29.9. The second-order valence-corrected chi connectivity index (χ2v) is 14.3. The third kappa shape index (κ3) is 20.4. The first-order chi connectivity index (χ1) is 23.7. The highest BCUT2D eigenvalue weighted by atomic mass is 32.2. The van der Waals surface area contributed by atoms with Crippen molar-refractivity contribution in [3.63, 3.8) is 0 Å². The molecule has 1 atom stereocenters. The van der Waals surface area contributed by atoms with Crippen molar-refractivity contribution in [3.05, 3.63) is 30.9 Å². The van der Waals surface area contributed by atoms with Gasteiger partial charge in [0.2, 0.25) is 6.67 Å². The van der Waals surface area contributed by atoms with E-state index in [9.17, 15) is 4.79 Å². The van der Waals surface area contributed by atoms with Crippen molar-refractivity contribution in [3.8, 4) is 6.01 Å². The van der Waals surface area contributed by atoms with Gasteiger partial charge in [0.1, 0.15) is 12.3 Å². The topological polar surface area (TPSA) is 86.0 Å². The minimum atomic E-state index is -0.148. The average molecular weight is 690 g/mol. The first-order valence-corrected chi connectivity index (χ1v) is 20.2. The zero-order valence-corrected chi connectivity index (χ0v) is 30.8. The summed E-state index contributed by atoms with van der Waals surface area (Å²) in [7, 11) is 0. The van der Waals surface area contributed by atoms with Gasteiger partial charge in [0.15, 0.2) is 6.20 Å². The maximum atomic E-state index is 11.5. The number of hydrogen-bond donors (Lipinski definition) is 0. The molecule has 3 rings (SSSR count). The van der Waals surface area contributed by atoms with Gasteiger partial charge in [-0.05, 0) is 25.3 Å². The van der Waals surface area contributed by atoms with Gasteiger partial charge in [-0.2, -0.15) is 16.3 Å². The van der Waals surface area contributed by atoms with Crippen molar-refractivity contribution in [1.29, 1.82) is 0 Å². The molecule has 1 aromatic heterocycles. The van der Waals surface area contributed by atoms with Gasteiger partial charge in [-0.15, -0.1) is 0 Å². The number of ether oxygens (including phenoxy) is 4. The van der Waals surface area contributed by atoms with E-state index in [0.717, 1.165) is 43.7 Å². The molecule has 1 unspecified atom stereocenters. The Labute approximate surface area is 295 Å². The molecular weight excluding hydrogens is 625 g/mol. The van der Waals surface area contributed by atoms with E-state index in [2.05, 4.69) is 25.6 Å². The Hall–Kier alpha value is -2.17. The number of carbonyl (C=O) groups is 1. The van der Waals surface area contributed by atoms with Crippen molar-refractivity contribution >= 4 is 23.9 Å². The Kier molecular flexibility index (Phi) is 23.2. The fourth-order valence-corrected chi connectivity index (χ4v) is 7.13. The van der Waals surface area contributed by atoms with Crippen LogP contribution in [0.4, 0.5) is 0 Å². The Morgan fingerprint density at radius 1 is 0.958 bits per heavy atom. The maximum absolute atomic E-state index is 11.5. The lowest BCUT2D eigenvalue weighted by Crippen LogP contribution is -2.27. The van der Waals surface area contributed by atoms with E-state index in [1.165, 1.54) is 96.3 Å². The lowest BCUT2D eigenvalue weighted by molar-refractivity contribution is -0.460. The normalized spacial score (nSPS) is 16.5. The molecule has 10 heteroatoms. The molecule has 1 aromatic rings. The molecule has 0 N–H and O–H groups in total. The number of unbranched alkanes of at least 4 members (excludes halogenated alkanes) is 9. The molecule has 1 aliphatic heterocycles. The van der Waals surface area contributed by atoms with Crippen LogP contribution in [0.5, 0.6) is 6.01 Å². The van der Waals surface area contributed by atoms with Crippen molar-refractivity contribution in [2.24, 2.45) is 5.92 Å². The molecule has 0 amide bonds. The Morgan fingerprint density at radius 2 is 1.69 bits per heavy atom. The molecule has 0 bridgehead atoms. The summed E-state index contributed by atoms with van der Waals surface area (Å²) in [6.07, 6.45) is 33.0. The molecule has 48 heavy (non-hydrogen) atoms. The SMILES string of the molecule is CCOC(=O)CCC=[N+]1C=CN(CCOCCSCC(COCCCCCCCCCCCCC2CCCCC2)Oc2ncccn2)C1. The quantitative estimate of drug-likeness (QED) is 0.0471. The molecule has 0 saturated heterocycles. The summed E-state index contributed by atoms with van der Waals surface area (Å²) in [5, 5.41) is 0. The highest BCUT2D eigenvalue weighted by molar-refractivity contribution is 7.99. The van der Waals surface area contributed by atoms with E-state index in [1.54, 1.807) is 30.2 Å². The van der Waals surface area contributed by atoms with Gasteiger partial charge in [-0.1, -0.05) is 96.3 Å². The van der Waals surface area contributed by atoms with Crippen LogP contribution >= 0.6 is 11.8 Å². The molecule has 1 saturated carbocycles.